The number of hydrogen-bond acceptors (Lipinski definition) is 32. The Hall–Kier alpha value is -13.7. The monoisotopic (exact) mass is 2030 g/mol. The molecule has 11 aromatic heterocycles. The smallest absolute Gasteiger partial charge is 0.269 e. The number of thioether (sulfide) groups is 2. The first kappa shape index (κ1) is 95.9. The maximum Gasteiger partial charge on any atom is 0.269 e. The predicted octanol–water partition coefficient (Wildman–Crippen LogP) is 22.0. The minimum atomic E-state index is -3.71. The van der Waals surface area contributed by atoms with Gasteiger partial charge in [-0.2, -0.15) is 9.97 Å². The lowest BCUT2D eigenvalue weighted by molar-refractivity contribution is -0.385. The molecule has 0 aliphatic heterocycles. The van der Waals surface area contributed by atoms with E-state index in [-0.39, 0.29) is 53.8 Å². The van der Waals surface area contributed by atoms with Crippen molar-refractivity contribution in [2.45, 2.75) is 15.5 Å². The third-order valence-corrected chi connectivity index (χ3v) is 25.7. The summed E-state index contributed by atoms with van der Waals surface area (Å²) in [6.07, 6.45) is 16.5. The van der Waals surface area contributed by atoms with Crippen LogP contribution in [-0.4, -0.2) is 179 Å². The number of non-ortho nitro benzene ring substituents is 3. The number of nitrogen functional groups attached to an aromatic ring is 1. The Morgan fingerprint density at radius 3 is 0.948 bits per heavy atom. The summed E-state index contributed by atoms with van der Waals surface area (Å²) >= 11 is 56.2. The molecular weight excluding hydrogens is 1970 g/mol. The molecule has 0 spiro atoms. The number of anilines is 2. The number of sulfone groups is 1. The highest BCUT2D eigenvalue weighted by atomic mass is 35.5. The molecule has 0 saturated heterocycles. The lowest BCUT2D eigenvalue weighted by atomic mass is 10.0. The topological polar surface area (TPSA) is 443 Å². The zero-order valence-corrected chi connectivity index (χ0v) is 80.5. The number of fused-ring (bicyclic) bond motifs is 10. The quantitative estimate of drug-likeness (QED) is 0.0275. The molecule has 135 heavy (non-hydrogen) atoms. The number of nitro groups is 3. The van der Waals surface area contributed by atoms with Gasteiger partial charge < -0.3 is 48.9 Å². The highest BCUT2D eigenvalue weighted by Crippen LogP contribution is 2.53. The van der Waals surface area contributed by atoms with Gasteiger partial charge in [-0.15, -0.1) is 0 Å². The van der Waals surface area contributed by atoms with E-state index >= 15 is 0 Å². The van der Waals surface area contributed by atoms with Gasteiger partial charge in [-0.05, 0) is 73.2 Å². The number of pyridine rings is 4. The normalized spacial score (nSPS) is 11.3. The third kappa shape index (κ3) is 18.7. The highest BCUT2D eigenvalue weighted by molar-refractivity contribution is 7.98. The maximum absolute atomic E-state index is 12.2. The zero-order valence-electron chi connectivity index (χ0n) is 72.0. The molecule has 3 N–H and O–H groups in total. The number of methoxy groups -OCH3 is 8. The summed E-state index contributed by atoms with van der Waals surface area (Å²) in [5, 5.41) is 41.9. The zero-order chi connectivity index (χ0) is 96.6. The Morgan fingerprint density at radius 2 is 0.644 bits per heavy atom. The summed E-state index contributed by atoms with van der Waals surface area (Å²) < 4.78 is 72.9. The number of ether oxygens (including phenoxy) is 8. The SMILES string of the molecule is CNc1ncc2cc(-c3c(Cl)c(OC)cc(OC)c3Cl)c3nc(-c4ccc([N+](=O)[O-])cc4)cn3c2n1.COc1cc(OC)c(Cl)c(-c2cc3cnc(S(C)(=O)=O)nc3n3cc(-c4ccc([N+](=O)[O-])cc4)nc23)c1Cl.COc1cc(OC)c(Cl)c(-c2cc3cnc(SC)nc3n3cc(-c4ccc([N+](=O)[O-])cc4)nc23)c1Cl.COc1cc(OC)c(Cl)c(-c2cc3cnc(SC)nc3nc2N)c1Cl. The van der Waals surface area contributed by atoms with Crippen molar-refractivity contribution in [1.29, 1.82) is 0 Å². The largest absolute Gasteiger partial charge is 0.495 e. The summed E-state index contributed by atoms with van der Waals surface area (Å²) in [5.41, 5.74) is 17.0. The molecule has 18 rings (SSSR count). The van der Waals surface area contributed by atoms with Crippen molar-refractivity contribution >= 4 is 216 Å². The van der Waals surface area contributed by atoms with Gasteiger partial charge in [0.05, 0.1) is 129 Å². The van der Waals surface area contributed by atoms with Gasteiger partial charge in [0.25, 0.3) is 17.1 Å². The van der Waals surface area contributed by atoms with Gasteiger partial charge in [0.15, 0.2) is 27.3 Å². The van der Waals surface area contributed by atoms with Crippen LogP contribution in [0.4, 0.5) is 28.8 Å². The predicted molar refractivity (Wildman–Crippen MR) is 523 cm³/mol. The molecule has 0 bridgehead atoms. The van der Waals surface area contributed by atoms with E-state index in [1.54, 1.807) is 115 Å². The van der Waals surface area contributed by atoms with Crippen LogP contribution in [0.15, 0.2) is 180 Å². The minimum Gasteiger partial charge on any atom is -0.495 e. The molecule has 0 fully saturated rings. The first-order chi connectivity index (χ1) is 64.7. The van der Waals surface area contributed by atoms with E-state index in [2.05, 4.69) is 50.2 Å². The van der Waals surface area contributed by atoms with Gasteiger partial charge in [0.1, 0.15) is 74.4 Å². The van der Waals surface area contributed by atoms with Gasteiger partial charge in [-0.1, -0.05) is 116 Å². The Balaban J connectivity index is 0.000000138. The first-order valence-corrected chi connectivity index (χ1v) is 46.2. The molecule has 47 heteroatoms. The second-order valence-corrected chi connectivity index (χ2v) is 34.9. The van der Waals surface area contributed by atoms with Crippen LogP contribution in [-0.2, 0) is 9.84 Å². The van der Waals surface area contributed by atoms with Gasteiger partial charge in [0.2, 0.25) is 20.9 Å². The van der Waals surface area contributed by atoms with Crippen molar-refractivity contribution in [3.63, 3.8) is 0 Å². The van der Waals surface area contributed by atoms with Crippen LogP contribution in [0.3, 0.4) is 0 Å². The van der Waals surface area contributed by atoms with Crippen molar-refractivity contribution in [2.75, 3.05) is 93.7 Å². The van der Waals surface area contributed by atoms with E-state index in [1.807, 2.05) is 39.6 Å². The van der Waals surface area contributed by atoms with Crippen LogP contribution in [0.1, 0.15) is 0 Å². The fourth-order valence-corrected chi connectivity index (χ4v) is 18.2. The number of benzene rings is 7. The van der Waals surface area contributed by atoms with Crippen LogP contribution in [0.5, 0.6) is 46.0 Å². The van der Waals surface area contributed by atoms with E-state index < -0.39 is 24.6 Å². The second kappa shape index (κ2) is 39.8. The Labute approximate surface area is 812 Å². The maximum atomic E-state index is 12.2. The molecule has 36 nitrogen and oxygen atoms in total. The first-order valence-electron chi connectivity index (χ1n) is 38.9. The molecule has 0 aliphatic rings. The number of nitro benzene ring substituents is 3. The fraction of sp³-hybridized carbons (Fsp3) is 0.136. The molecule has 0 saturated carbocycles. The van der Waals surface area contributed by atoms with E-state index in [4.69, 9.17) is 151 Å². The van der Waals surface area contributed by atoms with Crippen LogP contribution in [0.25, 0.3) is 139 Å². The van der Waals surface area contributed by atoms with E-state index in [9.17, 15) is 38.8 Å². The molecular formula is C88H66Cl8N20O16S3. The minimum absolute atomic E-state index is 0.00644. The van der Waals surface area contributed by atoms with E-state index in [0.29, 0.717) is 205 Å². The van der Waals surface area contributed by atoms with Gasteiger partial charge >= 0.3 is 0 Å². The number of aromatic nitrogens is 15. The highest BCUT2D eigenvalue weighted by Gasteiger charge is 2.31. The molecule has 0 aliphatic carbocycles. The summed E-state index contributed by atoms with van der Waals surface area (Å²) in [6, 6.07) is 31.8. The number of nitrogens with zero attached hydrogens (tertiary/aromatic N) is 18. The van der Waals surface area contributed by atoms with Crippen molar-refractivity contribution in [1.82, 2.24) is 73.0 Å². The van der Waals surface area contributed by atoms with E-state index in [1.165, 1.54) is 123 Å². The van der Waals surface area contributed by atoms with Gasteiger partial charge in [0, 0.05) is 200 Å². The number of rotatable bonds is 22. The van der Waals surface area contributed by atoms with Crippen LogP contribution in [0.2, 0.25) is 40.2 Å². The molecule has 18 aromatic rings. The fourth-order valence-electron chi connectivity index (χ4n) is 14.2. The average Bonchev–Trinajstić information content (AvgIpc) is 1.63. The van der Waals surface area contributed by atoms with Crippen molar-refractivity contribution < 1.29 is 61.1 Å². The Morgan fingerprint density at radius 1 is 0.363 bits per heavy atom. The standard InChI is InChI=1S/C24H18Cl2N6O4.C24H17Cl2N5O6S.C24H17Cl2N5O4S.C16H14Cl2N4O2S/c1-27-24-28-10-13-8-15(19-20(25)17(35-2)9-18(36-3)21(19)26)23-29-16(11-31(23)22(13)30-24)12-4-6-14(7-5-12)32(33)34;1-36-17-9-18(37-2)21(26)19(20(17)25)15-8-13-10-27-24(38(3,34)35)29-22(13)30-11-16(28-23(15)30)12-4-6-14(7-5-12)31(32)33;1-34-17-9-18(35-2)21(26)19(20(17)25)15-8-13-10-27-24(36-3)29-22(13)30-11-16(28-23(15)30)12-4-6-14(7-5-12)31(32)33;1-23-9-5-10(24-2)13(18)11(12(9)17)8-4-7-6-20-16(25-3)22-15(7)21-14(8)19/h4-11H,1-3H3,(H,27,28,30);4-11H,1-3H3;4-11H,1-3H3;4-6H,1-3H3,(H2,19,20,21,22). The molecule has 0 unspecified atom stereocenters. The lowest BCUT2D eigenvalue weighted by Gasteiger charge is -2.16. The Kier molecular flexibility index (Phi) is 28.3. The average molecular weight is 2040 g/mol. The number of hydrogen-bond donors (Lipinski definition) is 2. The Bertz CT molecular complexity index is 7620. The van der Waals surface area contributed by atoms with Crippen LogP contribution >= 0.6 is 116 Å². The van der Waals surface area contributed by atoms with Crippen molar-refractivity contribution in [2.24, 2.45) is 0 Å². The molecule has 0 radical (unpaired) electrons. The number of nitrogens with two attached hydrogens (primary N) is 1. The second-order valence-electron chi connectivity index (χ2n) is 28.4. The molecule has 7 aromatic carbocycles. The number of halogens is 8. The molecule has 11 heterocycles. The summed E-state index contributed by atoms with van der Waals surface area (Å²) in [5.74, 6) is 3.70. The molecule has 0 atom stereocenters. The summed E-state index contributed by atoms with van der Waals surface area (Å²) in [7, 11) is 9.98. The van der Waals surface area contributed by atoms with E-state index in [0.717, 1.165) is 17.0 Å². The molecule has 0 amide bonds. The summed E-state index contributed by atoms with van der Waals surface area (Å²) in [6.45, 7) is 0. The van der Waals surface area contributed by atoms with Crippen molar-refractivity contribution in [3.8, 4) is 124 Å². The number of nitrogens with one attached hydrogen (secondary N) is 1. The van der Waals surface area contributed by atoms with Gasteiger partial charge in [-0.3, -0.25) is 43.5 Å². The van der Waals surface area contributed by atoms with Crippen molar-refractivity contribution in [3.05, 3.63) is 235 Å². The number of imidazole rings is 3. The molecule has 688 valence electrons. The summed E-state index contributed by atoms with van der Waals surface area (Å²) in [4.78, 5) is 85.6. The van der Waals surface area contributed by atoms with Crippen LogP contribution < -0.4 is 48.9 Å². The lowest BCUT2D eigenvalue weighted by Crippen LogP contribution is -2.06. The van der Waals surface area contributed by atoms with Gasteiger partial charge in [-0.25, -0.2) is 58.3 Å². The third-order valence-electron chi connectivity index (χ3n) is 20.8. The van der Waals surface area contributed by atoms with Crippen LogP contribution in [0, 0.1) is 30.3 Å².